The SMILES string of the molecule is CCc1ccc(Nc2nncc(N(CC)c3ccccc3)n2)cc1. The molecule has 0 unspecified atom stereocenters. The van der Waals surface area contributed by atoms with Gasteiger partial charge in [-0.05, 0) is 43.2 Å². The normalized spacial score (nSPS) is 10.4. The smallest absolute Gasteiger partial charge is 0.249 e. The highest BCUT2D eigenvalue weighted by Crippen LogP contribution is 2.23. The number of nitrogens with one attached hydrogen (secondary N) is 1. The zero-order valence-electron chi connectivity index (χ0n) is 14.0. The highest BCUT2D eigenvalue weighted by atomic mass is 15.3. The number of hydrogen-bond donors (Lipinski definition) is 1. The van der Waals surface area contributed by atoms with Gasteiger partial charge >= 0.3 is 0 Å². The van der Waals surface area contributed by atoms with Gasteiger partial charge in [0.1, 0.15) is 0 Å². The van der Waals surface area contributed by atoms with Crippen molar-refractivity contribution in [2.75, 3.05) is 16.8 Å². The molecule has 2 aromatic carbocycles. The highest BCUT2D eigenvalue weighted by Gasteiger charge is 2.10. The van der Waals surface area contributed by atoms with Gasteiger partial charge in [-0.2, -0.15) is 10.1 Å². The predicted octanol–water partition coefficient (Wildman–Crippen LogP) is 4.34. The predicted molar refractivity (Wildman–Crippen MR) is 98.1 cm³/mol. The van der Waals surface area contributed by atoms with Gasteiger partial charge in [-0.1, -0.05) is 37.3 Å². The van der Waals surface area contributed by atoms with E-state index in [1.54, 1.807) is 6.20 Å². The largest absolute Gasteiger partial charge is 0.325 e. The van der Waals surface area contributed by atoms with E-state index in [-0.39, 0.29) is 0 Å². The van der Waals surface area contributed by atoms with Gasteiger partial charge in [-0.3, -0.25) is 0 Å². The summed E-state index contributed by atoms with van der Waals surface area (Å²) in [4.78, 5) is 6.70. The molecule has 0 saturated carbocycles. The Bertz CT molecular complexity index is 771. The van der Waals surface area contributed by atoms with E-state index in [1.165, 1.54) is 5.56 Å². The lowest BCUT2D eigenvalue weighted by Gasteiger charge is -2.21. The molecule has 0 atom stereocenters. The second-order valence-electron chi connectivity index (χ2n) is 5.39. The average molecular weight is 319 g/mol. The summed E-state index contributed by atoms with van der Waals surface area (Å²) in [6, 6.07) is 18.4. The monoisotopic (exact) mass is 319 g/mol. The van der Waals surface area contributed by atoms with E-state index >= 15 is 0 Å². The molecule has 1 aromatic heterocycles. The van der Waals surface area contributed by atoms with Crippen LogP contribution in [0.4, 0.5) is 23.1 Å². The van der Waals surface area contributed by atoms with Crippen LogP contribution in [0.2, 0.25) is 0 Å². The first-order valence-corrected chi connectivity index (χ1v) is 8.18. The molecule has 0 amide bonds. The number of benzene rings is 2. The summed E-state index contributed by atoms with van der Waals surface area (Å²) >= 11 is 0. The molecule has 0 fully saturated rings. The molecule has 0 spiro atoms. The van der Waals surface area contributed by atoms with Crippen molar-refractivity contribution in [3.8, 4) is 0 Å². The molecule has 1 N–H and O–H groups in total. The first-order valence-electron chi connectivity index (χ1n) is 8.18. The molecule has 1 heterocycles. The standard InChI is InChI=1S/C19H21N5/c1-3-15-10-12-16(13-11-15)21-19-22-18(14-20-23-19)24(4-2)17-8-6-5-7-9-17/h5-14H,3-4H2,1-2H3,(H,21,22,23). The van der Waals surface area contributed by atoms with Gasteiger partial charge in [0.25, 0.3) is 0 Å². The van der Waals surface area contributed by atoms with Crippen LogP contribution >= 0.6 is 0 Å². The van der Waals surface area contributed by atoms with Gasteiger partial charge in [0, 0.05) is 17.9 Å². The molecule has 5 nitrogen and oxygen atoms in total. The summed E-state index contributed by atoms with van der Waals surface area (Å²) < 4.78 is 0. The maximum absolute atomic E-state index is 4.60. The van der Waals surface area contributed by atoms with Crippen LogP contribution in [0.5, 0.6) is 0 Å². The zero-order chi connectivity index (χ0) is 16.8. The molecular weight excluding hydrogens is 298 g/mol. The number of hydrogen-bond acceptors (Lipinski definition) is 5. The Kier molecular flexibility index (Phi) is 5.01. The minimum Gasteiger partial charge on any atom is -0.325 e. The third-order valence-corrected chi connectivity index (χ3v) is 3.83. The van der Waals surface area contributed by atoms with Crippen molar-refractivity contribution in [2.24, 2.45) is 0 Å². The van der Waals surface area contributed by atoms with Crippen LogP contribution in [0.15, 0.2) is 60.8 Å². The van der Waals surface area contributed by atoms with Crippen LogP contribution in [-0.4, -0.2) is 21.7 Å². The second-order valence-corrected chi connectivity index (χ2v) is 5.39. The van der Waals surface area contributed by atoms with Crippen molar-refractivity contribution in [3.63, 3.8) is 0 Å². The number of aromatic nitrogens is 3. The summed E-state index contributed by atoms with van der Waals surface area (Å²) in [6.45, 7) is 5.03. The Hall–Kier alpha value is -2.95. The lowest BCUT2D eigenvalue weighted by Crippen LogP contribution is -2.18. The molecule has 5 heteroatoms. The third-order valence-electron chi connectivity index (χ3n) is 3.83. The van der Waals surface area contributed by atoms with Crippen LogP contribution in [0.3, 0.4) is 0 Å². The number of para-hydroxylation sites is 1. The van der Waals surface area contributed by atoms with Crippen LogP contribution in [0.1, 0.15) is 19.4 Å². The van der Waals surface area contributed by atoms with Gasteiger partial charge < -0.3 is 10.2 Å². The Labute approximate surface area is 142 Å². The van der Waals surface area contributed by atoms with Gasteiger partial charge in [-0.15, -0.1) is 5.10 Å². The summed E-state index contributed by atoms with van der Waals surface area (Å²) in [5.41, 5.74) is 3.34. The van der Waals surface area contributed by atoms with Crippen molar-refractivity contribution < 1.29 is 0 Å². The van der Waals surface area contributed by atoms with Gasteiger partial charge in [-0.25, -0.2) is 0 Å². The van der Waals surface area contributed by atoms with E-state index in [2.05, 4.69) is 63.5 Å². The molecular formula is C19H21N5. The van der Waals surface area contributed by atoms with Crippen LogP contribution in [-0.2, 0) is 6.42 Å². The van der Waals surface area contributed by atoms with Crippen LogP contribution in [0.25, 0.3) is 0 Å². The Morgan fingerprint density at radius 1 is 0.958 bits per heavy atom. The molecule has 0 aliphatic rings. The van der Waals surface area contributed by atoms with Crippen molar-refractivity contribution in [1.29, 1.82) is 0 Å². The van der Waals surface area contributed by atoms with Gasteiger partial charge in [0.05, 0.1) is 6.20 Å². The fourth-order valence-electron chi connectivity index (χ4n) is 2.52. The van der Waals surface area contributed by atoms with Crippen molar-refractivity contribution in [1.82, 2.24) is 15.2 Å². The van der Waals surface area contributed by atoms with Crippen molar-refractivity contribution >= 4 is 23.1 Å². The maximum atomic E-state index is 4.60. The molecule has 24 heavy (non-hydrogen) atoms. The second kappa shape index (κ2) is 7.55. The minimum absolute atomic E-state index is 0.492. The van der Waals surface area contributed by atoms with E-state index in [4.69, 9.17) is 0 Å². The molecule has 0 aliphatic heterocycles. The van der Waals surface area contributed by atoms with Crippen molar-refractivity contribution in [2.45, 2.75) is 20.3 Å². The maximum Gasteiger partial charge on any atom is 0.249 e. The molecule has 122 valence electrons. The van der Waals surface area contributed by atoms with E-state index in [9.17, 15) is 0 Å². The van der Waals surface area contributed by atoms with Gasteiger partial charge in [0.2, 0.25) is 5.95 Å². The van der Waals surface area contributed by atoms with E-state index in [1.807, 2.05) is 30.3 Å². The van der Waals surface area contributed by atoms with Gasteiger partial charge in [0.15, 0.2) is 5.82 Å². The Morgan fingerprint density at radius 2 is 1.71 bits per heavy atom. The molecule has 0 radical (unpaired) electrons. The number of nitrogens with zero attached hydrogens (tertiary/aromatic N) is 4. The summed E-state index contributed by atoms with van der Waals surface area (Å²) in [7, 11) is 0. The lowest BCUT2D eigenvalue weighted by molar-refractivity contribution is 0.922. The quantitative estimate of drug-likeness (QED) is 0.732. The van der Waals surface area contributed by atoms with Crippen molar-refractivity contribution in [3.05, 3.63) is 66.4 Å². The minimum atomic E-state index is 0.492. The van der Waals surface area contributed by atoms with Crippen LogP contribution in [0, 0.1) is 0 Å². The van der Waals surface area contributed by atoms with E-state index < -0.39 is 0 Å². The lowest BCUT2D eigenvalue weighted by atomic mass is 10.1. The first-order chi connectivity index (χ1) is 11.8. The van der Waals surface area contributed by atoms with E-state index in [0.717, 1.165) is 30.2 Å². The topological polar surface area (TPSA) is 53.9 Å². The first kappa shape index (κ1) is 15.9. The average Bonchev–Trinajstić information content (AvgIpc) is 2.64. The zero-order valence-corrected chi connectivity index (χ0v) is 14.0. The summed E-state index contributed by atoms with van der Waals surface area (Å²) in [5, 5.41) is 11.4. The molecule has 3 aromatic rings. The molecule has 0 bridgehead atoms. The number of rotatable bonds is 6. The fourth-order valence-corrected chi connectivity index (χ4v) is 2.52. The summed E-state index contributed by atoms with van der Waals surface area (Å²) in [6.07, 6.45) is 2.71. The summed E-state index contributed by atoms with van der Waals surface area (Å²) in [5.74, 6) is 1.26. The Morgan fingerprint density at radius 3 is 2.38 bits per heavy atom. The number of anilines is 4. The fraction of sp³-hybridized carbons (Fsp3) is 0.211. The molecule has 3 rings (SSSR count). The molecule has 0 saturated heterocycles. The number of aryl methyl sites for hydroxylation is 1. The highest BCUT2D eigenvalue weighted by molar-refractivity contribution is 5.61. The Balaban J connectivity index is 1.82. The van der Waals surface area contributed by atoms with E-state index in [0.29, 0.717) is 5.95 Å². The third kappa shape index (κ3) is 3.68. The van der Waals surface area contributed by atoms with Crippen LogP contribution < -0.4 is 10.2 Å². The molecule has 0 aliphatic carbocycles.